The Balaban J connectivity index is 2.35. The van der Waals surface area contributed by atoms with E-state index in [2.05, 4.69) is 0 Å². The van der Waals surface area contributed by atoms with Gasteiger partial charge in [-0.15, -0.1) is 11.6 Å². The molecule has 1 saturated carbocycles. The molecule has 1 aliphatic carbocycles. The first-order chi connectivity index (χ1) is 5.99. The molecule has 0 aliphatic heterocycles. The second-order valence-corrected chi connectivity index (χ2v) is 6.80. The molecule has 0 aromatic heterocycles. The minimum absolute atomic E-state index is 0.204. The first-order valence-corrected chi connectivity index (χ1v) is 7.30. The topological polar surface area (TPSA) is 34.1 Å². The Labute approximate surface area is 85.6 Å². The van der Waals surface area contributed by atoms with Gasteiger partial charge in [-0.1, -0.05) is 12.8 Å². The lowest BCUT2D eigenvalue weighted by atomic mass is 9.87. The van der Waals surface area contributed by atoms with Crippen molar-refractivity contribution in [3.63, 3.8) is 0 Å². The lowest BCUT2D eigenvalue weighted by molar-refractivity contribution is 0.357. The minimum atomic E-state index is -2.81. The normalized spacial score (nSPS) is 30.3. The Morgan fingerprint density at radius 2 is 1.92 bits per heavy atom. The third-order valence-electron chi connectivity index (χ3n) is 2.68. The summed E-state index contributed by atoms with van der Waals surface area (Å²) in [6.07, 6.45) is 6.59. The van der Waals surface area contributed by atoms with Gasteiger partial charge in [0.1, 0.15) is 9.84 Å². The fourth-order valence-electron chi connectivity index (χ4n) is 1.85. The van der Waals surface area contributed by atoms with E-state index >= 15 is 0 Å². The molecule has 0 heterocycles. The van der Waals surface area contributed by atoms with Gasteiger partial charge in [0.25, 0.3) is 0 Å². The van der Waals surface area contributed by atoms with Crippen molar-refractivity contribution >= 4 is 21.4 Å². The molecule has 2 unspecified atom stereocenters. The smallest absolute Gasteiger partial charge is 0.147 e. The predicted octanol–water partition coefficient (Wildman–Crippen LogP) is 2.22. The van der Waals surface area contributed by atoms with Crippen molar-refractivity contribution < 1.29 is 8.42 Å². The molecular formula is C9H17ClO2S. The van der Waals surface area contributed by atoms with Crippen LogP contribution in [0.4, 0.5) is 0 Å². The van der Waals surface area contributed by atoms with Gasteiger partial charge in [0, 0.05) is 11.6 Å². The molecule has 2 atom stereocenters. The molecule has 0 bridgehead atoms. The molecule has 0 aromatic rings. The van der Waals surface area contributed by atoms with Crippen LogP contribution in [0.3, 0.4) is 0 Å². The molecule has 2 nitrogen and oxygen atoms in total. The molecule has 0 N–H and O–H groups in total. The van der Waals surface area contributed by atoms with E-state index in [1.807, 2.05) is 0 Å². The summed E-state index contributed by atoms with van der Waals surface area (Å²) in [5, 5.41) is 0.204. The maximum Gasteiger partial charge on any atom is 0.147 e. The second-order valence-electron chi connectivity index (χ2n) is 3.98. The summed E-state index contributed by atoms with van der Waals surface area (Å²) >= 11 is 6.12. The first-order valence-electron chi connectivity index (χ1n) is 4.81. The van der Waals surface area contributed by atoms with Crippen molar-refractivity contribution in [1.29, 1.82) is 0 Å². The van der Waals surface area contributed by atoms with Gasteiger partial charge >= 0.3 is 0 Å². The third-order valence-corrected chi connectivity index (χ3v) is 4.23. The molecule has 0 saturated heterocycles. The highest BCUT2D eigenvalue weighted by atomic mass is 35.5. The Morgan fingerprint density at radius 1 is 1.31 bits per heavy atom. The van der Waals surface area contributed by atoms with E-state index in [0.29, 0.717) is 11.7 Å². The average Bonchev–Trinajstić information content (AvgIpc) is 2.01. The molecule has 1 rings (SSSR count). The number of hydrogen-bond donors (Lipinski definition) is 0. The largest absolute Gasteiger partial charge is 0.229 e. The molecular weight excluding hydrogens is 208 g/mol. The monoisotopic (exact) mass is 224 g/mol. The number of hydrogen-bond acceptors (Lipinski definition) is 2. The summed E-state index contributed by atoms with van der Waals surface area (Å²) in [6.45, 7) is 0. The number of rotatable bonds is 3. The zero-order valence-corrected chi connectivity index (χ0v) is 9.57. The van der Waals surface area contributed by atoms with Gasteiger partial charge in [-0.2, -0.15) is 0 Å². The van der Waals surface area contributed by atoms with Crippen molar-refractivity contribution in [2.75, 3.05) is 12.0 Å². The highest BCUT2D eigenvalue weighted by molar-refractivity contribution is 7.90. The molecule has 1 fully saturated rings. The SMILES string of the molecule is CS(=O)(=O)CCC1CCCCC1Cl. The highest BCUT2D eigenvalue weighted by Gasteiger charge is 2.23. The van der Waals surface area contributed by atoms with Gasteiger partial charge < -0.3 is 0 Å². The number of sulfone groups is 1. The highest BCUT2D eigenvalue weighted by Crippen LogP contribution is 2.31. The maximum atomic E-state index is 10.9. The Hall–Kier alpha value is 0.240. The number of alkyl halides is 1. The van der Waals surface area contributed by atoms with Gasteiger partial charge in [0.05, 0.1) is 5.75 Å². The van der Waals surface area contributed by atoms with E-state index in [1.165, 1.54) is 19.1 Å². The van der Waals surface area contributed by atoms with Crippen LogP contribution in [0.1, 0.15) is 32.1 Å². The van der Waals surface area contributed by atoms with E-state index in [9.17, 15) is 8.42 Å². The van der Waals surface area contributed by atoms with Gasteiger partial charge in [0.15, 0.2) is 0 Å². The minimum Gasteiger partial charge on any atom is -0.229 e. The molecule has 1 aliphatic rings. The van der Waals surface area contributed by atoms with Crippen LogP contribution in [-0.4, -0.2) is 25.8 Å². The van der Waals surface area contributed by atoms with E-state index < -0.39 is 9.84 Å². The molecule has 13 heavy (non-hydrogen) atoms. The Kier molecular flexibility index (Phi) is 4.05. The first kappa shape index (κ1) is 11.3. The molecule has 0 amide bonds. The summed E-state index contributed by atoms with van der Waals surface area (Å²) in [4.78, 5) is 0. The van der Waals surface area contributed by atoms with Gasteiger partial charge in [-0.3, -0.25) is 0 Å². The Morgan fingerprint density at radius 3 is 2.46 bits per heavy atom. The lowest BCUT2D eigenvalue weighted by Gasteiger charge is -2.26. The van der Waals surface area contributed by atoms with Crippen LogP contribution in [0.2, 0.25) is 0 Å². The fraction of sp³-hybridized carbons (Fsp3) is 1.00. The van der Waals surface area contributed by atoms with E-state index in [0.717, 1.165) is 19.3 Å². The van der Waals surface area contributed by atoms with Crippen molar-refractivity contribution in [2.24, 2.45) is 5.92 Å². The second kappa shape index (κ2) is 4.65. The fourth-order valence-corrected chi connectivity index (χ4v) is 2.99. The van der Waals surface area contributed by atoms with Crippen LogP contribution in [0.15, 0.2) is 0 Å². The van der Waals surface area contributed by atoms with Crippen molar-refractivity contribution in [1.82, 2.24) is 0 Å². The maximum absolute atomic E-state index is 10.9. The number of halogens is 1. The van der Waals surface area contributed by atoms with Gasteiger partial charge in [0.2, 0.25) is 0 Å². The molecule has 0 spiro atoms. The predicted molar refractivity (Wildman–Crippen MR) is 55.9 cm³/mol. The van der Waals surface area contributed by atoms with Crippen LogP contribution >= 0.6 is 11.6 Å². The van der Waals surface area contributed by atoms with Crippen LogP contribution in [0, 0.1) is 5.92 Å². The van der Waals surface area contributed by atoms with Crippen molar-refractivity contribution in [2.45, 2.75) is 37.5 Å². The average molecular weight is 225 g/mol. The van der Waals surface area contributed by atoms with E-state index in [4.69, 9.17) is 11.6 Å². The molecule has 78 valence electrons. The summed E-state index contributed by atoms with van der Waals surface area (Å²) < 4.78 is 21.9. The lowest BCUT2D eigenvalue weighted by Crippen LogP contribution is -2.22. The van der Waals surface area contributed by atoms with Crippen molar-refractivity contribution in [3.8, 4) is 0 Å². The summed E-state index contributed by atoms with van der Waals surface area (Å²) in [6, 6.07) is 0. The van der Waals surface area contributed by atoms with E-state index in [-0.39, 0.29) is 5.38 Å². The Bertz CT molecular complexity index is 248. The molecule has 4 heteroatoms. The van der Waals surface area contributed by atoms with Crippen LogP contribution < -0.4 is 0 Å². The quantitative estimate of drug-likeness (QED) is 0.689. The summed E-state index contributed by atoms with van der Waals surface area (Å²) in [5.41, 5.74) is 0. The van der Waals surface area contributed by atoms with Crippen LogP contribution in [-0.2, 0) is 9.84 Å². The summed E-state index contributed by atoms with van der Waals surface area (Å²) in [7, 11) is -2.81. The van der Waals surface area contributed by atoms with Gasteiger partial charge in [-0.05, 0) is 25.2 Å². The zero-order chi connectivity index (χ0) is 9.90. The zero-order valence-electron chi connectivity index (χ0n) is 8.00. The van der Waals surface area contributed by atoms with Crippen molar-refractivity contribution in [3.05, 3.63) is 0 Å². The van der Waals surface area contributed by atoms with Gasteiger partial charge in [-0.25, -0.2) is 8.42 Å². The molecule has 0 aromatic carbocycles. The van der Waals surface area contributed by atoms with Crippen LogP contribution in [0.5, 0.6) is 0 Å². The molecule has 0 radical (unpaired) electrons. The standard InChI is InChI=1S/C9H17ClO2S/c1-13(11,12)7-6-8-4-2-3-5-9(8)10/h8-9H,2-7H2,1H3. The van der Waals surface area contributed by atoms with E-state index in [1.54, 1.807) is 0 Å². The third kappa shape index (κ3) is 4.32. The summed E-state index contributed by atoms with van der Waals surface area (Å²) in [5.74, 6) is 0.714. The van der Waals surface area contributed by atoms with Crippen LogP contribution in [0.25, 0.3) is 0 Å².